The Kier molecular flexibility index (Phi) is 4.82. The molecule has 138 valence electrons. The van der Waals surface area contributed by atoms with E-state index in [4.69, 9.17) is 4.74 Å². The molecule has 1 amide bonds. The normalized spacial score (nSPS) is 16.7. The number of sulfone groups is 1. The summed E-state index contributed by atoms with van der Waals surface area (Å²) in [5.41, 5.74) is 0.439. The van der Waals surface area contributed by atoms with Crippen LogP contribution in [0.2, 0.25) is 0 Å². The van der Waals surface area contributed by atoms with Crippen LogP contribution in [0, 0.1) is 0 Å². The maximum absolute atomic E-state index is 12.6. The summed E-state index contributed by atoms with van der Waals surface area (Å²) >= 11 is 0. The van der Waals surface area contributed by atoms with Gasteiger partial charge in [0.25, 0.3) is 5.56 Å². The average Bonchev–Trinajstić information content (AvgIpc) is 2.60. The van der Waals surface area contributed by atoms with Crippen LogP contribution in [0.25, 0.3) is 0 Å². The Hall–Kier alpha value is -2.68. The fraction of sp³-hybridized carbons (Fsp3) is 0.353. The van der Waals surface area contributed by atoms with E-state index >= 15 is 0 Å². The Morgan fingerprint density at radius 3 is 2.54 bits per heavy atom. The van der Waals surface area contributed by atoms with Gasteiger partial charge in [-0.1, -0.05) is 19.1 Å². The highest BCUT2D eigenvalue weighted by molar-refractivity contribution is 7.91. The van der Waals surface area contributed by atoms with Gasteiger partial charge in [0.1, 0.15) is 11.6 Å². The molecule has 1 aromatic heterocycles. The molecule has 0 bridgehead atoms. The number of rotatable bonds is 5. The van der Waals surface area contributed by atoms with Crippen LogP contribution in [-0.2, 0) is 14.6 Å². The molecule has 26 heavy (non-hydrogen) atoms. The van der Waals surface area contributed by atoms with Crippen molar-refractivity contribution in [1.82, 2.24) is 9.97 Å². The minimum Gasteiger partial charge on any atom is -0.497 e. The number of aromatic amines is 1. The molecular weight excluding hydrogens is 358 g/mol. The monoisotopic (exact) mass is 377 g/mol. The van der Waals surface area contributed by atoms with E-state index in [1.165, 1.54) is 0 Å². The van der Waals surface area contributed by atoms with Crippen molar-refractivity contribution in [3.63, 3.8) is 0 Å². The van der Waals surface area contributed by atoms with Crippen molar-refractivity contribution < 1.29 is 17.9 Å². The van der Waals surface area contributed by atoms with Crippen molar-refractivity contribution in [1.29, 1.82) is 0 Å². The molecule has 2 N–H and O–H groups in total. The number of amides is 1. The summed E-state index contributed by atoms with van der Waals surface area (Å²) in [6.07, 6.45) is 0.467. The zero-order chi connectivity index (χ0) is 18.9. The first kappa shape index (κ1) is 18.1. The number of H-pyrrole nitrogens is 1. The Labute approximate surface area is 150 Å². The maximum Gasteiger partial charge on any atom is 0.257 e. The first-order chi connectivity index (χ1) is 12.4. The lowest BCUT2D eigenvalue weighted by molar-refractivity contribution is -0.116. The van der Waals surface area contributed by atoms with Gasteiger partial charge in [0.15, 0.2) is 0 Å². The number of hydrogen-bond donors (Lipinski definition) is 2. The van der Waals surface area contributed by atoms with Crippen LogP contribution >= 0.6 is 0 Å². The fourth-order valence-corrected chi connectivity index (χ4v) is 4.19. The minimum absolute atomic E-state index is 0.000459. The highest BCUT2D eigenvalue weighted by Gasteiger charge is 2.32. The van der Waals surface area contributed by atoms with Crippen LogP contribution in [0.15, 0.2) is 34.2 Å². The van der Waals surface area contributed by atoms with Crippen LogP contribution in [0.4, 0.5) is 5.82 Å². The van der Waals surface area contributed by atoms with Gasteiger partial charge in [0.2, 0.25) is 20.9 Å². The van der Waals surface area contributed by atoms with Crippen molar-refractivity contribution in [2.45, 2.75) is 30.8 Å². The molecule has 0 radical (unpaired) electrons. The number of aromatic nitrogens is 2. The number of carbonyl (C=O) groups excluding carboxylic acids is 1. The molecule has 0 saturated carbocycles. The largest absolute Gasteiger partial charge is 0.497 e. The van der Waals surface area contributed by atoms with E-state index in [-0.39, 0.29) is 29.5 Å². The van der Waals surface area contributed by atoms with E-state index in [2.05, 4.69) is 15.3 Å². The van der Waals surface area contributed by atoms with Crippen molar-refractivity contribution in [2.24, 2.45) is 0 Å². The highest BCUT2D eigenvalue weighted by atomic mass is 32.2. The quantitative estimate of drug-likeness (QED) is 0.761. The fourth-order valence-electron chi connectivity index (χ4n) is 2.98. The van der Waals surface area contributed by atoms with Gasteiger partial charge >= 0.3 is 0 Å². The van der Waals surface area contributed by atoms with Crippen LogP contribution in [0.5, 0.6) is 5.75 Å². The van der Waals surface area contributed by atoms with Crippen molar-refractivity contribution in [3.05, 3.63) is 45.7 Å². The van der Waals surface area contributed by atoms with Crippen LogP contribution in [-0.4, -0.2) is 37.2 Å². The predicted molar refractivity (Wildman–Crippen MR) is 95.3 cm³/mol. The molecule has 1 aliphatic heterocycles. The summed E-state index contributed by atoms with van der Waals surface area (Å²) in [6, 6.07) is 7.02. The Morgan fingerprint density at radius 2 is 1.92 bits per heavy atom. The van der Waals surface area contributed by atoms with E-state index in [1.54, 1.807) is 38.3 Å². The highest BCUT2D eigenvalue weighted by Crippen LogP contribution is 2.34. The summed E-state index contributed by atoms with van der Waals surface area (Å²) in [5.74, 6) is -0.313. The van der Waals surface area contributed by atoms with Crippen LogP contribution in [0.3, 0.4) is 0 Å². The zero-order valence-electron chi connectivity index (χ0n) is 14.4. The third kappa shape index (κ3) is 3.34. The topological polar surface area (TPSA) is 118 Å². The third-order valence-corrected chi connectivity index (χ3v) is 5.94. The number of hydrogen-bond acceptors (Lipinski definition) is 6. The van der Waals surface area contributed by atoms with Crippen molar-refractivity contribution in [2.75, 3.05) is 18.2 Å². The number of ether oxygens (including phenoxy) is 1. The number of carbonyl (C=O) groups is 1. The second-order valence-corrected chi connectivity index (χ2v) is 8.05. The van der Waals surface area contributed by atoms with Gasteiger partial charge in [0.05, 0.1) is 18.4 Å². The molecule has 2 aromatic rings. The molecule has 1 atom stereocenters. The lowest BCUT2D eigenvalue weighted by Crippen LogP contribution is -2.32. The Balaban J connectivity index is 2.11. The van der Waals surface area contributed by atoms with Gasteiger partial charge in [-0.15, -0.1) is 0 Å². The molecule has 1 aliphatic rings. The van der Waals surface area contributed by atoms with Gasteiger partial charge < -0.3 is 10.1 Å². The molecule has 0 fully saturated rings. The minimum atomic E-state index is -3.71. The lowest BCUT2D eigenvalue weighted by Gasteiger charge is -2.24. The molecule has 8 nitrogen and oxygen atoms in total. The standard InChI is InChI=1S/C17H19N3O5S/c1-3-8-26(23,24)17-19-15-14(16(22)20-17)12(9-13(21)18-15)10-4-6-11(25-2)7-5-10/h4-7,12H,3,8-9H2,1-2H3,(H2,18,19,20,21,22)/t12-/m1/s1. The number of anilines is 1. The van der Waals surface area contributed by atoms with Crippen molar-refractivity contribution >= 4 is 21.6 Å². The van der Waals surface area contributed by atoms with E-state index in [1.807, 2.05) is 0 Å². The van der Waals surface area contributed by atoms with Gasteiger partial charge in [-0.25, -0.2) is 13.4 Å². The molecule has 1 aromatic carbocycles. The zero-order valence-corrected chi connectivity index (χ0v) is 15.2. The summed E-state index contributed by atoms with van der Waals surface area (Å²) in [4.78, 5) is 31.1. The molecule has 0 aliphatic carbocycles. The number of nitrogens with zero attached hydrogens (tertiary/aromatic N) is 1. The molecule has 2 heterocycles. The van der Waals surface area contributed by atoms with E-state index in [9.17, 15) is 18.0 Å². The summed E-state index contributed by atoms with van der Waals surface area (Å²) < 4.78 is 29.5. The van der Waals surface area contributed by atoms with E-state index in [0.717, 1.165) is 5.56 Å². The average molecular weight is 377 g/mol. The Morgan fingerprint density at radius 1 is 1.23 bits per heavy atom. The number of methoxy groups -OCH3 is 1. The molecule has 0 unspecified atom stereocenters. The second kappa shape index (κ2) is 6.91. The van der Waals surface area contributed by atoms with Crippen LogP contribution in [0.1, 0.15) is 36.8 Å². The molecule has 0 spiro atoms. The summed E-state index contributed by atoms with van der Waals surface area (Å²) in [6.45, 7) is 1.72. The summed E-state index contributed by atoms with van der Waals surface area (Å²) in [5, 5.41) is 2.10. The smallest absolute Gasteiger partial charge is 0.257 e. The molecule has 0 saturated heterocycles. The van der Waals surface area contributed by atoms with Gasteiger partial charge in [-0.2, -0.15) is 0 Å². The SMILES string of the molecule is CCCS(=O)(=O)c1nc2c(c(=O)[nH]1)[C@@H](c1ccc(OC)cc1)CC(=O)N2. The third-order valence-electron chi connectivity index (χ3n) is 4.21. The number of benzene rings is 1. The number of fused-ring (bicyclic) bond motifs is 1. The number of nitrogens with one attached hydrogen (secondary N) is 2. The molecule has 3 rings (SSSR count). The van der Waals surface area contributed by atoms with Crippen LogP contribution < -0.4 is 15.6 Å². The summed E-state index contributed by atoms with van der Waals surface area (Å²) in [7, 11) is -2.16. The van der Waals surface area contributed by atoms with E-state index < -0.39 is 26.5 Å². The molecular formula is C17H19N3O5S. The van der Waals surface area contributed by atoms with Gasteiger partial charge in [0, 0.05) is 12.3 Å². The maximum atomic E-state index is 12.6. The van der Waals surface area contributed by atoms with Crippen molar-refractivity contribution in [3.8, 4) is 5.75 Å². The Bertz CT molecular complexity index is 996. The van der Waals surface area contributed by atoms with Gasteiger partial charge in [-0.3, -0.25) is 14.6 Å². The second-order valence-electron chi connectivity index (χ2n) is 6.03. The predicted octanol–water partition coefficient (Wildman–Crippen LogP) is 1.44. The lowest BCUT2D eigenvalue weighted by atomic mass is 9.87. The first-order valence-electron chi connectivity index (χ1n) is 8.16. The molecule has 9 heteroatoms. The van der Waals surface area contributed by atoms with E-state index in [0.29, 0.717) is 12.2 Å². The van der Waals surface area contributed by atoms with Gasteiger partial charge in [-0.05, 0) is 24.1 Å². The first-order valence-corrected chi connectivity index (χ1v) is 9.81.